The van der Waals surface area contributed by atoms with Gasteiger partial charge in [-0.25, -0.2) is 4.90 Å². The van der Waals surface area contributed by atoms with E-state index in [1.807, 2.05) is 56.3 Å². The third-order valence-electron chi connectivity index (χ3n) is 6.37. The number of carbonyl (C=O) groups excluding carboxylic acids is 3. The van der Waals surface area contributed by atoms with Crippen molar-refractivity contribution < 1.29 is 28.2 Å². The first kappa shape index (κ1) is 27.5. The Morgan fingerprint density at radius 3 is 2.05 bits per heavy atom. The number of nitrogens with zero attached hydrogens (tertiary/aromatic N) is 1. The van der Waals surface area contributed by atoms with Crippen LogP contribution >= 0.6 is 8.03 Å². The van der Waals surface area contributed by atoms with Gasteiger partial charge in [-0.05, 0) is 54.2 Å². The molecule has 0 radical (unpaired) electrons. The molecule has 0 fully saturated rings. The van der Waals surface area contributed by atoms with Crippen molar-refractivity contribution in [3.63, 3.8) is 0 Å². The number of ether oxygens (including phenoxy) is 1. The predicted octanol–water partition coefficient (Wildman–Crippen LogP) is 5.93. The van der Waals surface area contributed by atoms with E-state index in [0.29, 0.717) is 29.7 Å². The first-order valence-electron chi connectivity index (χ1n) is 12.8. The van der Waals surface area contributed by atoms with Crippen LogP contribution in [0.4, 0.5) is 5.69 Å². The summed E-state index contributed by atoms with van der Waals surface area (Å²) < 4.78 is 23.8. The zero-order valence-corrected chi connectivity index (χ0v) is 22.6. The van der Waals surface area contributed by atoms with Gasteiger partial charge in [0.05, 0.1) is 29.3 Å². The maximum atomic E-state index is 12.7. The molecule has 0 spiro atoms. The molecule has 8 heteroatoms. The molecule has 7 nitrogen and oxygen atoms in total. The minimum atomic E-state index is -2.44. The number of anilines is 1. The molecular formula is C30H32NO6P. The summed E-state index contributed by atoms with van der Waals surface area (Å²) in [6, 6.07) is 23.3. The van der Waals surface area contributed by atoms with Crippen LogP contribution in [0.15, 0.2) is 78.9 Å². The Kier molecular flexibility index (Phi) is 9.27. The molecule has 3 aromatic rings. The second kappa shape index (κ2) is 12.8. The fraction of sp³-hybridized carbons (Fsp3) is 0.300. The highest BCUT2D eigenvalue weighted by Crippen LogP contribution is 2.31. The van der Waals surface area contributed by atoms with Crippen LogP contribution in [-0.4, -0.2) is 30.6 Å². The Bertz CT molecular complexity index is 1270. The van der Waals surface area contributed by atoms with Crippen molar-refractivity contribution in [2.45, 2.75) is 33.3 Å². The fourth-order valence-electron chi connectivity index (χ4n) is 4.46. The van der Waals surface area contributed by atoms with Gasteiger partial charge in [0, 0.05) is 6.16 Å². The molecule has 0 saturated carbocycles. The lowest BCUT2D eigenvalue weighted by atomic mass is 9.99. The zero-order chi connectivity index (χ0) is 27.1. The first-order valence-corrected chi connectivity index (χ1v) is 14.3. The van der Waals surface area contributed by atoms with Gasteiger partial charge in [-0.1, -0.05) is 68.4 Å². The first-order chi connectivity index (χ1) is 18.3. The van der Waals surface area contributed by atoms with Crippen molar-refractivity contribution in [3.8, 4) is 0 Å². The van der Waals surface area contributed by atoms with Gasteiger partial charge >= 0.3 is 5.97 Å². The SMILES string of the molecule is CC(C)CC(C[PH](=O)OCCc1ccc(N2C(=O)c3ccccc3C2=O)cc1)C(=O)OCc1ccccc1. The van der Waals surface area contributed by atoms with Crippen LogP contribution in [-0.2, 0) is 31.6 Å². The second-order valence-corrected chi connectivity index (χ2v) is 11.2. The number of benzene rings is 3. The summed E-state index contributed by atoms with van der Waals surface area (Å²) >= 11 is 0. The van der Waals surface area contributed by atoms with Gasteiger partial charge in [-0.3, -0.25) is 18.9 Å². The van der Waals surface area contributed by atoms with Gasteiger partial charge in [-0.15, -0.1) is 0 Å². The summed E-state index contributed by atoms with van der Waals surface area (Å²) in [5.41, 5.74) is 3.13. The number of fused-ring (bicyclic) bond motifs is 1. The molecule has 0 aromatic heterocycles. The van der Waals surface area contributed by atoms with Crippen molar-refractivity contribution in [1.82, 2.24) is 0 Å². The van der Waals surface area contributed by atoms with Crippen LogP contribution in [0.25, 0.3) is 0 Å². The Labute approximate surface area is 223 Å². The number of hydrogen-bond donors (Lipinski definition) is 0. The Morgan fingerprint density at radius 2 is 1.45 bits per heavy atom. The average Bonchev–Trinajstić information content (AvgIpc) is 3.17. The highest BCUT2D eigenvalue weighted by Gasteiger charge is 2.36. The maximum Gasteiger partial charge on any atom is 0.309 e. The summed E-state index contributed by atoms with van der Waals surface area (Å²) in [6.07, 6.45) is 1.23. The van der Waals surface area contributed by atoms with Crippen LogP contribution in [0.5, 0.6) is 0 Å². The van der Waals surface area contributed by atoms with Crippen molar-refractivity contribution in [2.24, 2.45) is 11.8 Å². The third kappa shape index (κ3) is 6.85. The van der Waals surface area contributed by atoms with Crippen LogP contribution < -0.4 is 4.90 Å². The topological polar surface area (TPSA) is 90.0 Å². The third-order valence-corrected chi connectivity index (χ3v) is 7.72. The van der Waals surface area contributed by atoms with Gasteiger partial charge in [0.1, 0.15) is 6.61 Å². The molecule has 1 aliphatic heterocycles. The molecule has 1 aliphatic rings. The zero-order valence-electron chi connectivity index (χ0n) is 21.6. The maximum absolute atomic E-state index is 12.7. The summed E-state index contributed by atoms with van der Waals surface area (Å²) in [4.78, 5) is 39.2. The average molecular weight is 534 g/mol. The lowest BCUT2D eigenvalue weighted by Crippen LogP contribution is -2.29. The molecule has 0 N–H and O–H groups in total. The molecule has 0 bridgehead atoms. The van der Waals surface area contributed by atoms with Crippen LogP contribution in [0.3, 0.4) is 0 Å². The van der Waals surface area contributed by atoms with E-state index in [4.69, 9.17) is 9.26 Å². The van der Waals surface area contributed by atoms with Gasteiger partial charge in [-0.2, -0.15) is 0 Å². The van der Waals surface area contributed by atoms with Gasteiger partial charge in [0.15, 0.2) is 8.03 Å². The Hall–Kier alpha value is -3.54. The number of amides is 2. The van der Waals surface area contributed by atoms with Crippen molar-refractivity contribution in [1.29, 1.82) is 0 Å². The highest BCUT2D eigenvalue weighted by atomic mass is 31.1. The normalized spacial score (nSPS) is 14.4. The van der Waals surface area contributed by atoms with Gasteiger partial charge in [0.2, 0.25) is 0 Å². The van der Waals surface area contributed by atoms with Gasteiger partial charge < -0.3 is 9.26 Å². The van der Waals surface area contributed by atoms with E-state index in [2.05, 4.69) is 0 Å². The van der Waals surface area contributed by atoms with E-state index in [1.165, 1.54) is 4.90 Å². The number of esters is 1. The molecule has 38 heavy (non-hydrogen) atoms. The summed E-state index contributed by atoms with van der Waals surface area (Å²) in [6.45, 7) is 4.45. The van der Waals surface area contributed by atoms with Crippen LogP contribution in [0, 0.1) is 11.8 Å². The van der Waals surface area contributed by atoms with Gasteiger partial charge in [0.25, 0.3) is 11.8 Å². The van der Waals surface area contributed by atoms with E-state index in [9.17, 15) is 18.9 Å². The summed E-state index contributed by atoms with van der Waals surface area (Å²) in [5.74, 6) is -1.26. The molecule has 2 amide bonds. The van der Waals surface area contributed by atoms with Crippen LogP contribution in [0.2, 0.25) is 0 Å². The van der Waals surface area contributed by atoms with E-state index >= 15 is 0 Å². The van der Waals surface area contributed by atoms with Crippen molar-refractivity contribution in [3.05, 3.63) is 101 Å². The lowest BCUT2D eigenvalue weighted by Gasteiger charge is -2.18. The van der Waals surface area contributed by atoms with E-state index in [-0.39, 0.29) is 43.1 Å². The minimum absolute atomic E-state index is 0.148. The number of carbonyl (C=O) groups is 3. The smallest absolute Gasteiger partial charge is 0.309 e. The second-order valence-electron chi connectivity index (χ2n) is 9.75. The fourth-order valence-corrected chi connectivity index (χ4v) is 5.64. The quantitative estimate of drug-likeness (QED) is 0.163. The van der Waals surface area contributed by atoms with E-state index in [0.717, 1.165) is 11.1 Å². The predicted molar refractivity (Wildman–Crippen MR) is 147 cm³/mol. The molecular weight excluding hydrogens is 501 g/mol. The van der Waals surface area contributed by atoms with E-state index in [1.54, 1.807) is 36.4 Å². The molecule has 0 saturated heterocycles. The number of rotatable bonds is 12. The molecule has 198 valence electrons. The van der Waals surface area contributed by atoms with E-state index < -0.39 is 13.9 Å². The molecule has 0 aliphatic carbocycles. The minimum Gasteiger partial charge on any atom is -0.461 e. The lowest BCUT2D eigenvalue weighted by molar-refractivity contribution is -0.149. The molecule has 4 rings (SSSR count). The summed E-state index contributed by atoms with van der Waals surface area (Å²) in [5, 5.41) is 0. The molecule has 3 aromatic carbocycles. The molecule has 2 atom stereocenters. The number of imide groups is 1. The molecule has 1 heterocycles. The summed E-state index contributed by atoms with van der Waals surface area (Å²) in [7, 11) is -2.44. The van der Waals surface area contributed by atoms with Crippen molar-refractivity contribution >= 4 is 31.5 Å². The largest absolute Gasteiger partial charge is 0.461 e. The molecule has 2 unspecified atom stereocenters. The highest BCUT2D eigenvalue weighted by molar-refractivity contribution is 7.39. The number of hydrogen-bond acceptors (Lipinski definition) is 6. The Balaban J connectivity index is 1.27. The van der Waals surface area contributed by atoms with Crippen molar-refractivity contribution in [2.75, 3.05) is 17.7 Å². The Morgan fingerprint density at radius 1 is 0.842 bits per heavy atom. The monoisotopic (exact) mass is 533 g/mol. The van der Waals surface area contributed by atoms with Crippen LogP contribution in [0.1, 0.15) is 52.1 Å². The standard InChI is InChI=1S/C30H32NO6P/c1-21(2)18-24(30(34)36-19-23-8-4-3-5-9-23)20-38(35)37-17-16-22-12-14-25(15-13-22)31-28(32)26-10-6-7-11-27(26)29(31)33/h3-15,21,24,38H,16-20H2,1-2H3.